The third-order valence-electron chi connectivity index (χ3n) is 7.13. The van der Waals surface area contributed by atoms with E-state index in [1.165, 1.54) is 29.2 Å². The highest BCUT2D eigenvalue weighted by atomic mass is 35.5. The average molecular weight is 648 g/mol. The first-order valence-corrected chi connectivity index (χ1v) is 16.7. The molecule has 1 N–H and O–H groups in total. The van der Waals surface area contributed by atoms with Gasteiger partial charge in [-0.25, -0.2) is 8.42 Å². The van der Waals surface area contributed by atoms with Crippen LogP contribution in [0.5, 0.6) is 5.75 Å². The Morgan fingerprint density at radius 3 is 2.00 bits per heavy atom. The van der Waals surface area contributed by atoms with Crippen LogP contribution in [0.1, 0.15) is 31.4 Å². The van der Waals surface area contributed by atoms with Crippen LogP contribution in [0, 0.1) is 0 Å². The maximum atomic E-state index is 14.4. The predicted molar refractivity (Wildman–Crippen MR) is 178 cm³/mol. The SMILES string of the molecule is CCCNC(=O)[C@H](Cc1ccccc1)N(Cc1ccccc1)C(=O)CN(c1ccc(OCC)cc1)S(=O)(=O)c1ccc(Cl)cc1. The summed E-state index contributed by atoms with van der Waals surface area (Å²) >= 11 is 6.05. The lowest BCUT2D eigenvalue weighted by molar-refractivity contribution is -0.140. The van der Waals surface area contributed by atoms with Crippen LogP contribution in [0.2, 0.25) is 5.02 Å². The molecule has 0 unspecified atom stereocenters. The fraction of sp³-hybridized carbons (Fsp3) is 0.257. The summed E-state index contributed by atoms with van der Waals surface area (Å²) in [4.78, 5) is 29.6. The number of carbonyl (C=O) groups is 2. The zero-order chi connectivity index (χ0) is 32.2. The fourth-order valence-electron chi connectivity index (χ4n) is 4.84. The smallest absolute Gasteiger partial charge is 0.264 e. The first kappa shape index (κ1) is 33.6. The van der Waals surface area contributed by atoms with Crippen LogP contribution in [-0.2, 0) is 32.6 Å². The van der Waals surface area contributed by atoms with Crippen molar-refractivity contribution in [1.82, 2.24) is 10.2 Å². The molecule has 0 aliphatic rings. The Morgan fingerprint density at radius 2 is 1.42 bits per heavy atom. The van der Waals surface area contributed by atoms with Crippen molar-refractivity contribution in [2.75, 3.05) is 24.0 Å². The zero-order valence-electron chi connectivity index (χ0n) is 25.4. The molecule has 1 atom stereocenters. The molecular weight excluding hydrogens is 610 g/mol. The molecule has 0 spiro atoms. The van der Waals surface area contributed by atoms with Crippen LogP contribution < -0.4 is 14.4 Å². The van der Waals surface area contributed by atoms with E-state index in [-0.39, 0.29) is 29.5 Å². The summed E-state index contributed by atoms with van der Waals surface area (Å²) in [5, 5.41) is 3.33. The number of hydrogen-bond acceptors (Lipinski definition) is 5. The summed E-state index contributed by atoms with van der Waals surface area (Å²) in [6.45, 7) is 4.26. The van der Waals surface area contributed by atoms with Crippen LogP contribution >= 0.6 is 11.6 Å². The van der Waals surface area contributed by atoms with E-state index >= 15 is 0 Å². The number of halogens is 1. The summed E-state index contributed by atoms with van der Waals surface area (Å²) in [6.07, 6.45) is 0.975. The molecule has 4 aromatic rings. The Hall–Kier alpha value is -4.34. The molecule has 0 aliphatic heterocycles. The van der Waals surface area contributed by atoms with Crippen molar-refractivity contribution in [3.63, 3.8) is 0 Å². The number of hydrogen-bond donors (Lipinski definition) is 1. The highest BCUT2D eigenvalue weighted by Gasteiger charge is 2.34. The van der Waals surface area contributed by atoms with Crippen molar-refractivity contribution >= 4 is 39.1 Å². The molecule has 0 fully saturated rings. The third-order valence-corrected chi connectivity index (χ3v) is 9.17. The van der Waals surface area contributed by atoms with Crippen molar-refractivity contribution in [3.05, 3.63) is 125 Å². The van der Waals surface area contributed by atoms with E-state index in [0.717, 1.165) is 21.9 Å². The Kier molecular flexibility index (Phi) is 12.0. The van der Waals surface area contributed by atoms with Crippen LogP contribution in [-0.4, -0.2) is 50.9 Å². The Labute approximate surface area is 270 Å². The van der Waals surface area contributed by atoms with Gasteiger partial charge in [-0.3, -0.25) is 13.9 Å². The van der Waals surface area contributed by atoms with E-state index in [2.05, 4.69) is 5.32 Å². The summed E-state index contributed by atoms with van der Waals surface area (Å²) in [6, 6.07) is 30.2. The largest absolute Gasteiger partial charge is 0.494 e. The highest BCUT2D eigenvalue weighted by molar-refractivity contribution is 7.92. The molecular formula is C35H38ClN3O5S. The first-order valence-electron chi connectivity index (χ1n) is 14.9. The molecule has 0 heterocycles. The molecule has 0 aromatic heterocycles. The van der Waals surface area contributed by atoms with Gasteiger partial charge >= 0.3 is 0 Å². The second kappa shape index (κ2) is 16.1. The number of amides is 2. The number of rotatable bonds is 15. The van der Waals surface area contributed by atoms with Crippen molar-refractivity contribution in [1.29, 1.82) is 0 Å². The number of benzene rings is 4. The Balaban J connectivity index is 1.78. The van der Waals surface area contributed by atoms with Crippen molar-refractivity contribution in [2.45, 2.75) is 44.2 Å². The van der Waals surface area contributed by atoms with Gasteiger partial charge in [0, 0.05) is 24.5 Å². The van der Waals surface area contributed by atoms with E-state index in [0.29, 0.717) is 23.9 Å². The standard InChI is InChI=1S/C35H38ClN3O5S/c1-3-23-37-35(41)33(24-27-11-7-5-8-12-27)38(25-28-13-9-6-10-14-28)34(40)26-39(30-17-19-31(20-18-30)44-4-2)45(42,43)32-21-15-29(36)16-22-32/h5-22,33H,3-4,23-26H2,1-2H3,(H,37,41)/t33-/m0/s1. The molecule has 4 rings (SSSR count). The molecule has 4 aromatic carbocycles. The molecule has 0 aliphatic carbocycles. The minimum absolute atomic E-state index is 0.0234. The maximum absolute atomic E-state index is 14.4. The Morgan fingerprint density at radius 1 is 0.822 bits per heavy atom. The molecule has 0 saturated heterocycles. The summed E-state index contributed by atoms with van der Waals surface area (Å²) in [5.74, 6) is -0.270. The summed E-state index contributed by atoms with van der Waals surface area (Å²) in [5.41, 5.74) is 1.95. The molecule has 0 radical (unpaired) electrons. The highest BCUT2D eigenvalue weighted by Crippen LogP contribution is 2.27. The predicted octanol–water partition coefficient (Wildman–Crippen LogP) is 6.10. The van der Waals surface area contributed by atoms with Gasteiger partial charge in [-0.05, 0) is 73.0 Å². The minimum Gasteiger partial charge on any atom is -0.494 e. The number of carbonyl (C=O) groups excluding carboxylic acids is 2. The van der Waals surface area contributed by atoms with Gasteiger partial charge in [0.1, 0.15) is 18.3 Å². The van der Waals surface area contributed by atoms with Crippen molar-refractivity contribution in [2.24, 2.45) is 0 Å². The van der Waals surface area contributed by atoms with Crippen LogP contribution in [0.15, 0.2) is 114 Å². The van der Waals surface area contributed by atoms with Crippen LogP contribution in [0.3, 0.4) is 0 Å². The van der Waals surface area contributed by atoms with Crippen molar-refractivity contribution < 1.29 is 22.7 Å². The molecule has 0 saturated carbocycles. The van der Waals surface area contributed by atoms with Gasteiger partial charge in [-0.1, -0.05) is 79.2 Å². The lowest BCUT2D eigenvalue weighted by Crippen LogP contribution is -2.53. The van der Waals surface area contributed by atoms with Crippen LogP contribution in [0.4, 0.5) is 5.69 Å². The lowest BCUT2D eigenvalue weighted by atomic mass is 10.0. The third kappa shape index (κ3) is 9.09. The molecule has 236 valence electrons. The zero-order valence-corrected chi connectivity index (χ0v) is 27.0. The van der Waals surface area contributed by atoms with Gasteiger partial charge in [0.05, 0.1) is 17.2 Å². The molecule has 0 bridgehead atoms. The molecule has 8 nitrogen and oxygen atoms in total. The number of sulfonamides is 1. The topological polar surface area (TPSA) is 96.0 Å². The second-order valence-electron chi connectivity index (χ2n) is 10.4. The monoisotopic (exact) mass is 647 g/mol. The van der Waals surface area contributed by atoms with Gasteiger partial charge in [-0.15, -0.1) is 0 Å². The van der Waals surface area contributed by atoms with E-state index in [9.17, 15) is 18.0 Å². The lowest BCUT2D eigenvalue weighted by Gasteiger charge is -2.34. The first-order chi connectivity index (χ1) is 21.7. The molecule has 10 heteroatoms. The second-order valence-corrected chi connectivity index (χ2v) is 12.7. The summed E-state index contributed by atoms with van der Waals surface area (Å²) < 4.78 is 34.8. The van der Waals surface area contributed by atoms with Crippen LogP contribution in [0.25, 0.3) is 0 Å². The van der Waals surface area contributed by atoms with Gasteiger partial charge in [0.25, 0.3) is 10.0 Å². The van der Waals surface area contributed by atoms with Gasteiger partial charge in [-0.2, -0.15) is 0 Å². The van der Waals surface area contributed by atoms with Gasteiger partial charge in [0.2, 0.25) is 11.8 Å². The average Bonchev–Trinajstić information content (AvgIpc) is 3.05. The van der Waals surface area contributed by atoms with E-state index in [1.807, 2.05) is 74.5 Å². The number of ether oxygens (including phenoxy) is 1. The van der Waals surface area contributed by atoms with Gasteiger partial charge < -0.3 is 15.0 Å². The number of anilines is 1. The fourth-order valence-corrected chi connectivity index (χ4v) is 6.38. The quantitative estimate of drug-likeness (QED) is 0.168. The maximum Gasteiger partial charge on any atom is 0.264 e. The minimum atomic E-state index is -4.23. The number of nitrogens with one attached hydrogen (secondary N) is 1. The van der Waals surface area contributed by atoms with E-state index in [1.54, 1.807) is 24.3 Å². The van der Waals surface area contributed by atoms with E-state index < -0.39 is 28.5 Å². The van der Waals surface area contributed by atoms with Gasteiger partial charge in [0.15, 0.2) is 0 Å². The van der Waals surface area contributed by atoms with E-state index in [4.69, 9.17) is 16.3 Å². The Bertz CT molecular complexity index is 1630. The molecule has 45 heavy (non-hydrogen) atoms. The normalized spacial score (nSPS) is 11.8. The van der Waals surface area contributed by atoms with Crippen molar-refractivity contribution in [3.8, 4) is 5.75 Å². The number of nitrogens with zero attached hydrogens (tertiary/aromatic N) is 2. The molecule has 2 amide bonds. The summed E-state index contributed by atoms with van der Waals surface area (Å²) in [7, 11) is -4.23.